The Kier molecular flexibility index (Phi) is 5.43. The molecular formula is C20H16ClFO5S. The van der Waals surface area contributed by atoms with Crippen LogP contribution in [0.15, 0.2) is 53.4 Å². The fraction of sp³-hybridized carbons (Fsp3) is 0.150. The van der Waals surface area contributed by atoms with Gasteiger partial charge < -0.3 is 10.2 Å². The fourth-order valence-corrected chi connectivity index (χ4v) is 4.05. The number of sulfone groups is 1. The first kappa shape index (κ1) is 20.3. The highest BCUT2D eigenvalue weighted by atomic mass is 35.5. The van der Waals surface area contributed by atoms with Crippen LogP contribution in [-0.2, 0) is 21.1 Å². The second kappa shape index (κ2) is 7.50. The van der Waals surface area contributed by atoms with E-state index in [1.165, 1.54) is 42.5 Å². The SMILES string of the molecule is CS(=O)(=O)c1ccc(C(O)c2cc(CC(=O)O)cc3ccc(F)cc23)c(Cl)c1. The number of hydrogen-bond donors (Lipinski definition) is 2. The molecule has 0 aromatic heterocycles. The molecule has 0 saturated carbocycles. The lowest BCUT2D eigenvalue weighted by Gasteiger charge is -2.18. The largest absolute Gasteiger partial charge is 0.481 e. The minimum Gasteiger partial charge on any atom is -0.481 e. The van der Waals surface area contributed by atoms with Crippen LogP contribution < -0.4 is 0 Å². The van der Waals surface area contributed by atoms with Crippen LogP contribution in [0.3, 0.4) is 0 Å². The van der Waals surface area contributed by atoms with Gasteiger partial charge in [-0.25, -0.2) is 12.8 Å². The molecule has 8 heteroatoms. The third kappa shape index (κ3) is 4.16. The van der Waals surface area contributed by atoms with E-state index in [9.17, 15) is 22.7 Å². The van der Waals surface area contributed by atoms with Crippen LogP contribution >= 0.6 is 11.6 Å². The van der Waals surface area contributed by atoms with Crippen LogP contribution in [0.1, 0.15) is 22.8 Å². The fourth-order valence-electron chi connectivity index (χ4n) is 3.05. The van der Waals surface area contributed by atoms with E-state index in [4.69, 9.17) is 16.7 Å². The lowest BCUT2D eigenvalue weighted by molar-refractivity contribution is -0.136. The van der Waals surface area contributed by atoms with E-state index in [1.54, 1.807) is 6.07 Å². The first-order chi connectivity index (χ1) is 13.1. The third-order valence-electron chi connectivity index (χ3n) is 4.35. The molecule has 3 rings (SSSR count). The van der Waals surface area contributed by atoms with Gasteiger partial charge in [0.05, 0.1) is 11.3 Å². The monoisotopic (exact) mass is 422 g/mol. The van der Waals surface area contributed by atoms with Crippen LogP contribution in [0.25, 0.3) is 10.8 Å². The van der Waals surface area contributed by atoms with Crippen molar-refractivity contribution in [1.82, 2.24) is 0 Å². The van der Waals surface area contributed by atoms with E-state index in [0.717, 1.165) is 6.26 Å². The standard InChI is InChI=1S/C20H16ClFO5S/c1-28(26,27)14-4-5-15(18(21)10-14)20(25)17-7-11(8-19(23)24)6-12-2-3-13(22)9-16(12)17/h2-7,9-10,20,25H,8H2,1H3,(H,23,24). The van der Waals surface area contributed by atoms with Crippen LogP contribution in [0.2, 0.25) is 5.02 Å². The Labute approximate surface area is 165 Å². The van der Waals surface area contributed by atoms with Gasteiger partial charge in [-0.1, -0.05) is 35.9 Å². The van der Waals surface area contributed by atoms with Crippen LogP contribution in [0.4, 0.5) is 4.39 Å². The number of aliphatic hydroxyl groups excluding tert-OH is 1. The van der Waals surface area contributed by atoms with Gasteiger partial charge in [0.15, 0.2) is 9.84 Å². The molecule has 0 amide bonds. The molecule has 0 aliphatic rings. The van der Waals surface area contributed by atoms with Crippen LogP contribution in [0, 0.1) is 5.82 Å². The molecule has 0 saturated heterocycles. The van der Waals surface area contributed by atoms with Gasteiger partial charge in [0.25, 0.3) is 0 Å². The topological polar surface area (TPSA) is 91.7 Å². The van der Waals surface area contributed by atoms with Crippen LogP contribution in [0.5, 0.6) is 0 Å². The van der Waals surface area contributed by atoms with Crippen molar-refractivity contribution < 1.29 is 27.8 Å². The van der Waals surface area contributed by atoms with Gasteiger partial charge in [-0.05, 0) is 46.2 Å². The summed E-state index contributed by atoms with van der Waals surface area (Å²) in [5, 5.41) is 21.0. The highest BCUT2D eigenvalue weighted by molar-refractivity contribution is 7.90. The predicted molar refractivity (Wildman–Crippen MR) is 104 cm³/mol. The number of hydrogen-bond acceptors (Lipinski definition) is 4. The molecule has 0 heterocycles. The average molecular weight is 423 g/mol. The van der Waals surface area contributed by atoms with Crippen molar-refractivity contribution in [1.29, 1.82) is 0 Å². The Balaban J connectivity index is 2.18. The van der Waals surface area contributed by atoms with Gasteiger partial charge in [-0.15, -0.1) is 0 Å². The van der Waals surface area contributed by atoms with Crippen molar-refractivity contribution in [3.05, 3.63) is 76.1 Å². The maximum absolute atomic E-state index is 13.8. The summed E-state index contributed by atoms with van der Waals surface area (Å²) in [6.07, 6.45) is -0.534. The minimum absolute atomic E-state index is 0.00369. The van der Waals surface area contributed by atoms with E-state index in [0.29, 0.717) is 16.3 Å². The number of fused-ring (bicyclic) bond motifs is 1. The van der Waals surface area contributed by atoms with Gasteiger partial charge in [-0.2, -0.15) is 0 Å². The molecule has 3 aromatic carbocycles. The molecular weight excluding hydrogens is 407 g/mol. The molecule has 0 aliphatic heterocycles. The molecule has 1 unspecified atom stereocenters. The van der Waals surface area contributed by atoms with E-state index < -0.39 is 27.7 Å². The third-order valence-corrected chi connectivity index (χ3v) is 5.79. The molecule has 0 aliphatic carbocycles. The summed E-state index contributed by atoms with van der Waals surface area (Å²) in [4.78, 5) is 11.1. The Morgan fingerprint density at radius 2 is 1.82 bits per heavy atom. The number of carbonyl (C=O) groups is 1. The van der Waals surface area contributed by atoms with E-state index in [-0.39, 0.29) is 27.5 Å². The lowest BCUT2D eigenvalue weighted by Crippen LogP contribution is -2.06. The second-order valence-corrected chi connectivity index (χ2v) is 8.90. The van der Waals surface area contributed by atoms with Gasteiger partial charge in [-0.3, -0.25) is 4.79 Å². The Morgan fingerprint density at radius 3 is 2.43 bits per heavy atom. The molecule has 0 spiro atoms. The number of aliphatic hydroxyl groups is 1. The number of carboxylic acid groups (broad SMARTS) is 1. The van der Waals surface area contributed by atoms with E-state index in [1.807, 2.05) is 0 Å². The maximum Gasteiger partial charge on any atom is 0.307 e. The van der Waals surface area contributed by atoms with Crippen molar-refractivity contribution in [3.63, 3.8) is 0 Å². The first-order valence-corrected chi connectivity index (χ1v) is 10.4. The number of carboxylic acids is 1. The van der Waals surface area contributed by atoms with Crippen molar-refractivity contribution in [2.45, 2.75) is 17.4 Å². The van der Waals surface area contributed by atoms with Gasteiger partial charge in [0.2, 0.25) is 0 Å². The van der Waals surface area contributed by atoms with Gasteiger partial charge >= 0.3 is 5.97 Å². The quantitative estimate of drug-likeness (QED) is 0.653. The molecule has 2 N–H and O–H groups in total. The van der Waals surface area contributed by atoms with Crippen molar-refractivity contribution in [2.24, 2.45) is 0 Å². The Bertz CT molecular complexity index is 1190. The van der Waals surface area contributed by atoms with Crippen molar-refractivity contribution >= 4 is 38.2 Å². The number of rotatable bonds is 5. The molecule has 0 radical (unpaired) electrons. The van der Waals surface area contributed by atoms with E-state index in [2.05, 4.69) is 0 Å². The van der Waals surface area contributed by atoms with Crippen molar-refractivity contribution in [2.75, 3.05) is 6.26 Å². The highest BCUT2D eigenvalue weighted by Gasteiger charge is 2.20. The summed E-state index contributed by atoms with van der Waals surface area (Å²) < 4.78 is 37.1. The molecule has 3 aromatic rings. The Morgan fingerprint density at radius 1 is 1.11 bits per heavy atom. The van der Waals surface area contributed by atoms with E-state index >= 15 is 0 Å². The Hall–Kier alpha value is -2.48. The zero-order valence-electron chi connectivity index (χ0n) is 14.7. The summed E-state index contributed by atoms with van der Waals surface area (Å²) in [5.74, 6) is -1.55. The summed E-state index contributed by atoms with van der Waals surface area (Å²) in [6, 6.07) is 11.0. The molecule has 0 fully saturated rings. The second-order valence-electron chi connectivity index (χ2n) is 6.48. The summed E-state index contributed by atoms with van der Waals surface area (Å²) >= 11 is 6.19. The zero-order valence-corrected chi connectivity index (χ0v) is 16.3. The van der Waals surface area contributed by atoms with Crippen LogP contribution in [-0.4, -0.2) is 30.9 Å². The van der Waals surface area contributed by atoms with Gasteiger partial charge in [0, 0.05) is 16.8 Å². The van der Waals surface area contributed by atoms with Gasteiger partial charge in [0.1, 0.15) is 11.9 Å². The number of benzene rings is 3. The summed E-state index contributed by atoms with van der Waals surface area (Å²) in [5.41, 5.74) is 0.943. The molecule has 146 valence electrons. The highest BCUT2D eigenvalue weighted by Crippen LogP contribution is 2.35. The van der Waals surface area contributed by atoms with Crippen molar-refractivity contribution in [3.8, 4) is 0 Å². The first-order valence-electron chi connectivity index (χ1n) is 8.17. The zero-order chi connectivity index (χ0) is 20.6. The molecule has 1 atom stereocenters. The number of aliphatic carboxylic acids is 1. The number of halogens is 2. The summed E-state index contributed by atoms with van der Waals surface area (Å²) in [7, 11) is -3.47. The normalized spacial score (nSPS) is 12.9. The smallest absolute Gasteiger partial charge is 0.307 e. The minimum atomic E-state index is -3.47. The predicted octanol–water partition coefficient (Wildman–Crippen LogP) is 3.74. The lowest BCUT2D eigenvalue weighted by atomic mass is 9.93. The molecule has 28 heavy (non-hydrogen) atoms. The molecule has 5 nitrogen and oxygen atoms in total. The average Bonchev–Trinajstić information content (AvgIpc) is 2.59. The maximum atomic E-state index is 13.8. The summed E-state index contributed by atoms with van der Waals surface area (Å²) in [6.45, 7) is 0. The molecule has 0 bridgehead atoms.